The van der Waals surface area contributed by atoms with Crippen molar-refractivity contribution < 1.29 is 4.79 Å². The Bertz CT molecular complexity index is 334. The van der Waals surface area contributed by atoms with Crippen LogP contribution < -0.4 is 10.6 Å². The van der Waals surface area contributed by atoms with E-state index in [1.807, 2.05) is 0 Å². The van der Waals surface area contributed by atoms with Gasteiger partial charge in [0.2, 0.25) is 5.91 Å². The van der Waals surface area contributed by atoms with E-state index in [-0.39, 0.29) is 5.91 Å². The van der Waals surface area contributed by atoms with E-state index in [1.54, 1.807) is 0 Å². The molecule has 4 heteroatoms. The molecule has 0 saturated carbocycles. The molecule has 26 heavy (non-hydrogen) atoms. The van der Waals surface area contributed by atoms with E-state index in [0.29, 0.717) is 11.5 Å². The van der Waals surface area contributed by atoms with Gasteiger partial charge in [0.15, 0.2) is 5.11 Å². The van der Waals surface area contributed by atoms with Gasteiger partial charge in [0, 0.05) is 13.0 Å². The van der Waals surface area contributed by atoms with Crippen molar-refractivity contribution in [2.24, 2.45) is 0 Å². The lowest BCUT2D eigenvalue weighted by Crippen LogP contribution is -2.39. The molecule has 0 aromatic heterocycles. The number of carbonyl (C=O) groups is 1. The van der Waals surface area contributed by atoms with Gasteiger partial charge in [-0.05, 0) is 25.1 Å². The fourth-order valence-electron chi connectivity index (χ4n) is 3.11. The first-order valence-electron chi connectivity index (χ1n) is 11.3. The Hall–Kier alpha value is -0.640. The van der Waals surface area contributed by atoms with Crippen molar-refractivity contribution in [2.75, 3.05) is 6.54 Å². The largest absolute Gasteiger partial charge is 0.362 e. The molecule has 0 atom stereocenters. The van der Waals surface area contributed by atoms with Gasteiger partial charge in [-0.3, -0.25) is 4.79 Å². The third kappa shape index (κ3) is 19.7. The molecule has 0 spiro atoms. The first-order valence-corrected chi connectivity index (χ1v) is 11.7. The summed E-state index contributed by atoms with van der Waals surface area (Å²) in [7, 11) is 0. The minimum atomic E-state index is 0.0596. The molecule has 0 saturated heterocycles. The Morgan fingerprint density at radius 3 is 1.58 bits per heavy atom. The highest BCUT2D eigenvalue weighted by molar-refractivity contribution is 7.80. The Balaban J connectivity index is 3.31. The molecule has 0 heterocycles. The minimum Gasteiger partial charge on any atom is -0.362 e. The fraction of sp³-hybridized carbons (Fsp3) is 0.909. The number of amides is 1. The summed E-state index contributed by atoms with van der Waals surface area (Å²) in [6.45, 7) is 5.35. The number of carbonyl (C=O) groups excluding carboxylic acids is 1. The maximum absolute atomic E-state index is 11.8. The molecular formula is C22H44N2OS. The highest BCUT2D eigenvalue weighted by Gasteiger charge is 2.04. The van der Waals surface area contributed by atoms with E-state index in [1.165, 1.54) is 83.5 Å². The maximum atomic E-state index is 11.8. The van der Waals surface area contributed by atoms with E-state index >= 15 is 0 Å². The number of unbranched alkanes of at least 4 members (excludes halogenated alkanes) is 14. The summed E-state index contributed by atoms with van der Waals surface area (Å²) in [5.41, 5.74) is 0. The Labute approximate surface area is 168 Å². The molecule has 0 aliphatic heterocycles. The summed E-state index contributed by atoms with van der Waals surface area (Å²) in [5, 5.41) is 6.43. The predicted molar refractivity (Wildman–Crippen MR) is 119 cm³/mol. The van der Waals surface area contributed by atoms with E-state index in [4.69, 9.17) is 12.2 Å². The normalized spacial score (nSPS) is 10.7. The quantitative estimate of drug-likeness (QED) is 0.205. The molecular weight excluding hydrogens is 340 g/mol. The van der Waals surface area contributed by atoms with E-state index in [0.717, 1.165) is 25.8 Å². The van der Waals surface area contributed by atoms with Crippen LogP contribution in [0.15, 0.2) is 0 Å². The second kappa shape index (κ2) is 20.7. The van der Waals surface area contributed by atoms with Gasteiger partial charge in [0.05, 0.1) is 0 Å². The Morgan fingerprint density at radius 1 is 0.654 bits per heavy atom. The van der Waals surface area contributed by atoms with Crippen molar-refractivity contribution in [1.82, 2.24) is 10.6 Å². The molecule has 0 aliphatic rings. The SMILES string of the molecule is CCCCCCCCCCCCCC(=O)NC(=S)NCCCCCCC. The van der Waals surface area contributed by atoms with Crippen molar-refractivity contribution in [2.45, 2.75) is 123 Å². The van der Waals surface area contributed by atoms with Crippen LogP contribution in [0.4, 0.5) is 0 Å². The molecule has 154 valence electrons. The van der Waals surface area contributed by atoms with Gasteiger partial charge >= 0.3 is 0 Å². The molecule has 0 unspecified atom stereocenters. The first kappa shape index (κ1) is 25.4. The van der Waals surface area contributed by atoms with Crippen molar-refractivity contribution in [1.29, 1.82) is 0 Å². The maximum Gasteiger partial charge on any atom is 0.226 e. The van der Waals surface area contributed by atoms with Crippen LogP contribution in [-0.4, -0.2) is 17.6 Å². The second-order valence-corrected chi connectivity index (χ2v) is 7.91. The van der Waals surface area contributed by atoms with Crippen LogP contribution in [0.5, 0.6) is 0 Å². The lowest BCUT2D eigenvalue weighted by molar-refractivity contribution is -0.119. The van der Waals surface area contributed by atoms with Crippen LogP contribution in [0, 0.1) is 0 Å². The molecule has 2 N–H and O–H groups in total. The van der Waals surface area contributed by atoms with Crippen molar-refractivity contribution in [3.63, 3.8) is 0 Å². The summed E-state index contributed by atoms with van der Waals surface area (Å²) in [6.07, 6.45) is 21.1. The predicted octanol–water partition coefficient (Wildman–Crippen LogP) is 6.65. The van der Waals surface area contributed by atoms with Crippen LogP contribution in [0.1, 0.15) is 123 Å². The Kier molecular flexibility index (Phi) is 20.2. The standard InChI is InChI=1S/C22H44N2OS/c1-3-5-7-9-10-11-12-13-14-15-17-19-21(25)24-22(26)23-20-18-16-8-6-4-2/h3-20H2,1-2H3,(H2,23,24,25,26). The molecule has 0 rings (SSSR count). The summed E-state index contributed by atoms with van der Waals surface area (Å²) in [5.74, 6) is 0.0596. The summed E-state index contributed by atoms with van der Waals surface area (Å²) in [4.78, 5) is 11.8. The van der Waals surface area contributed by atoms with Gasteiger partial charge in [-0.15, -0.1) is 0 Å². The average Bonchev–Trinajstić information content (AvgIpc) is 2.62. The van der Waals surface area contributed by atoms with Crippen molar-refractivity contribution in [3.05, 3.63) is 0 Å². The van der Waals surface area contributed by atoms with Gasteiger partial charge in [0.1, 0.15) is 0 Å². The number of thiocarbonyl (C=S) groups is 1. The molecule has 3 nitrogen and oxygen atoms in total. The van der Waals surface area contributed by atoms with Crippen molar-refractivity contribution >= 4 is 23.2 Å². The zero-order valence-corrected chi connectivity index (χ0v) is 18.4. The van der Waals surface area contributed by atoms with E-state index < -0.39 is 0 Å². The third-order valence-corrected chi connectivity index (χ3v) is 5.07. The van der Waals surface area contributed by atoms with E-state index in [9.17, 15) is 4.79 Å². The highest BCUT2D eigenvalue weighted by Crippen LogP contribution is 2.11. The first-order chi connectivity index (χ1) is 12.7. The Morgan fingerprint density at radius 2 is 1.08 bits per heavy atom. The van der Waals surface area contributed by atoms with Crippen LogP contribution in [0.25, 0.3) is 0 Å². The van der Waals surface area contributed by atoms with Crippen LogP contribution in [-0.2, 0) is 4.79 Å². The summed E-state index contributed by atoms with van der Waals surface area (Å²) >= 11 is 5.18. The number of hydrogen-bond donors (Lipinski definition) is 2. The van der Waals surface area contributed by atoms with Crippen molar-refractivity contribution in [3.8, 4) is 0 Å². The smallest absolute Gasteiger partial charge is 0.226 e. The van der Waals surface area contributed by atoms with Gasteiger partial charge in [0.25, 0.3) is 0 Å². The molecule has 0 radical (unpaired) electrons. The third-order valence-electron chi connectivity index (χ3n) is 4.83. The lowest BCUT2D eigenvalue weighted by atomic mass is 10.1. The van der Waals surface area contributed by atoms with Crippen LogP contribution in [0.3, 0.4) is 0 Å². The lowest BCUT2D eigenvalue weighted by Gasteiger charge is -2.09. The number of nitrogens with one attached hydrogen (secondary N) is 2. The molecule has 0 aromatic carbocycles. The van der Waals surface area contributed by atoms with Crippen LogP contribution in [0.2, 0.25) is 0 Å². The van der Waals surface area contributed by atoms with Gasteiger partial charge in [-0.25, -0.2) is 0 Å². The average molecular weight is 385 g/mol. The van der Waals surface area contributed by atoms with Gasteiger partial charge in [-0.1, -0.05) is 104 Å². The second-order valence-electron chi connectivity index (χ2n) is 7.50. The zero-order valence-electron chi connectivity index (χ0n) is 17.5. The van der Waals surface area contributed by atoms with Gasteiger partial charge in [-0.2, -0.15) is 0 Å². The molecule has 0 fully saturated rings. The summed E-state index contributed by atoms with van der Waals surface area (Å²) in [6, 6.07) is 0. The monoisotopic (exact) mass is 384 g/mol. The highest BCUT2D eigenvalue weighted by atomic mass is 32.1. The van der Waals surface area contributed by atoms with E-state index in [2.05, 4.69) is 24.5 Å². The molecule has 0 aliphatic carbocycles. The fourth-order valence-corrected chi connectivity index (χ4v) is 3.33. The van der Waals surface area contributed by atoms with Gasteiger partial charge < -0.3 is 10.6 Å². The topological polar surface area (TPSA) is 41.1 Å². The molecule has 0 bridgehead atoms. The zero-order chi connectivity index (χ0) is 19.3. The van der Waals surface area contributed by atoms with Crippen LogP contribution >= 0.6 is 12.2 Å². The summed E-state index contributed by atoms with van der Waals surface area (Å²) < 4.78 is 0. The number of hydrogen-bond acceptors (Lipinski definition) is 2. The minimum absolute atomic E-state index is 0.0596. The number of rotatable bonds is 18. The molecule has 1 amide bonds. The molecule has 0 aromatic rings.